The average Bonchev–Trinajstić information content (AvgIpc) is 2.68. The number of methoxy groups -OCH3 is 1. The number of anilines is 2. The van der Waals surface area contributed by atoms with Gasteiger partial charge in [-0.25, -0.2) is 9.37 Å². The lowest BCUT2D eigenvalue weighted by Crippen LogP contribution is -2.13. The van der Waals surface area contributed by atoms with Crippen molar-refractivity contribution in [3.63, 3.8) is 0 Å². The van der Waals surface area contributed by atoms with E-state index in [9.17, 15) is 9.18 Å². The Bertz CT molecular complexity index is 880. The van der Waals surface area contributed by atoms with Crippen LogP contribution in [0, 0.1) is 5.82 Å². The molecule has 0 atom stereocenters. The molecule has 2 N–H and O–H groups in total. The van der Waals surface area contributed by atoms with Gasteiger partial charge in [-0.3, -0.25) is 4.79 Å². The molecule has 1 amide bonds. The SMILES string of the molecule is COc1ccccc1CNc1ccc(NC(=O)c2ccc(F)cc2)nc1. The highest BCUT2D eigenvalue weighted by molar-refractivity contribution is 6.03. The Hall–Kier alpha value is -3.41. The summed E-state index contributed by atoms with van der Waals surface area (Å²) in [6.45, 7) is 0.590. The van der Waals surface area contributed by atoms with Crippen LogP contribution >= 0.6 is 0 Å². The molecule has 6 heteroatoms. The molecule has 0 aliphatic carbocycles. The fourth-order valence-electron chi connectivity index (χ4n) is 2.41. The number of amides is 1. The molecule has 0 fully saturated rings. The number of halogens is 1. The topological polar surface area (TPSA) is 63.2 Å². The Balaban J connectivity index is 1.59. The van der Waals surface area contributed by atoms with E-state index in [0.717, 1.165) is 17.0 Å². The van der Waals surface area contributed by atoms with Gasteiger partial charge in [0.15, 0.2) is 0 Å². The van der Waals surface area contributed by atoms with Gasteiger partial charge in [-0.1, -0.05) is 18.2 Å². The summed E-state index contributed by atoms with van der Waals surface area (Å²) in [6, 6.07) is 16.6. The second-order valence-electron chi connectivity index (χ2n) is 5.56. The lowest BCUT2D eigenvalue weighted by atomic mass is 10.2. The highest BCUT2D eigenvalue weighted by atomic mass is 19.1. The predicted octanol–water partition coefficient (Wildman–Crippen LogP) is 4.09. The molecule has 0 radical (unpaired) electrons. The van der Waals surface area contributed by atoms with E-state index in [1.165, 1.54) is 24.3 Å². The van der Waals surface area contributed by atoms with E-state index in [2.05, 4.69) is 15.6 Å². The molecule has 5 nitrogen and oxygen atoms in total. The van der Waals surface area contributed by atoms with E-state index in [4.69, 9.17) is 4.74 Å². The first-order valence-corrected chi connectivity index (χ1v) is 8.04. The molecule has 0 unspecified atom stereocenters. The van der Waals surface area contributed by atoms with Gasteiger partial charge in [-0.2, -0.15) is 0 Å². The van der Waals surface area contributed by atoms with Crippen LogP contribution in [0.1, 0.15) is 15.9 Å². The third-order valence-electron chi connectivity index (χ3n) is 3.79. The third kappa shape index (κ3) is 4.36. The second kappa shape index (κ2) is 8.11. The lowest BCUT2D eigenvalue weighted by Gasteiger charge is -2.11. The quantitative estimate of drug-likeness (QED) is 0.702. The van der Waals surface area contributed by atoms with Gasteiger partial charge in [0, 0.05) is 17.7 Å². The summed E-state index contributed by atoms with van der Waals surface area (Å²) in [6.07, 6.45) is 1.63. The van der Waals surface area contributed by atoms with Crippen LogP contribution in [-0.2, 0) is 6.54 Å². The summed E-state index contributed by atoms with van der Waals surface area (Å²) in [5.41, 5.74) is 2.21. The van der Waals surface area contributed by atoms with Crippen molar-refractivity contribution in [1.29, 1.82) is 0 Å². The van der Waals surface area contributed by atoms with Gasteiger partial charge >= 0.3 is 0 Å². The van der Waals surface area contributed by atoms with Crippen molar-refractivity contribution in [3.05, 3.63) is 83.8 Å². The van der Waals surface area contributed by atoms with Crippen molar-refractivity contribution in [1.82, 2.24) is 4.98 Å². The minimum Gasteiger partial charge on any atom is -0.496 e. The zero-order valence-corrected chi connectivity index (χ0v) is 14.2. The van der Waals surface area contributed by atoms with Gasteiger partial charge < -0.3 is 15.4 Å². The van der Waals surface area contributed by atoms with Crippen LogP contribution in [0.4, 0.5) is 15.9 Å². The summed E-state index contributed by atoms with van der Waals surface area (Å²) in [5.74, 6) is 0.510. The van der Waals surface area contributed by atoms with Crippen LogP contribution in [0.25, 0.3) is 0 Å². The summed E-state index contributed by atoms with van der Waals surface area (Å²) < 4.78 is 18.2. The van der Waals surface area contributed by atoms with Crippen molar-refractivity contribution < 1.29 is 13.9 Å². The molecule has 3 rings (SSSR count). The molecule has 0 aliphatic rings. The van der Waals surface area contributed by atoms with Crippen LogP contribution in [0.2, 0.25) is 0 Å². The standard InChI is InChI=1S/C20H18FN3O2/c1-26-18-5-3-2-4-15(18)12-22-17-10-11-19(23-13-17)24-20(25)14-6-8-16(21)9-7-14/h2-11,13,22H,12H2,1H3,(H,23,24,25). The number of hydrogen-bond acceptors (Lipinski definition) is 4. The summed E-state index contributed by atoms with van der Waals surface area (Å²) >= 11 is 0. The first-order valence-electron chi connectivity index (χ1n) is 8.04. The van der Waals surface area contributed by atoms with Crippen LogP contribution in [0.3, 0.4) is 0 Å². The molecule has 2 aromatic carbocycles. The lowest BCUT2D eigenvalue weighted by molar-refractivity contribution is 0.102. The zero-order chi connectivity index (χ0) is 18.4. The van der Waals surface area contributed by atoms with Gasteiger partial charge in [0.1, 0.15) is 17.4 Å². The minimum absolute atomic E-state index is 0.341. The van der Waals surface area contributed by atoms with Crippen LogP contribution < -0.4 is 15.4 Å². The van der Waals surface area contributed by atoms with E-state index < -0.39 is 0 Å². The number of carbonyl (C=O) groups excluding carboxylic acids is 1. The molecule has 132 valence electrons. The Kier molecular flexibility index (Phi) is 5.43. The zero-order valence-electron chi connectivity index (χ0n) is 14.2. The van der Waals surface area contributed by atoms with Crippen LogP contribution in [0.5, 0.6) is 5.75 Å². The Labute approximate surface area is 150 Å². The molecule has 1 aromatic heterocycles. The summed E-state index contributed by atoms with van der Waals surface area (Å²) in [5, 5.41) is 5.93. The molecule has 3 aromatic rings. The first kappa shape index (κ1) is 17.4. The number of carbonyl (C=O) groups is 1. The highest BCUT2D eigenvalue weighted by Crippen LogP contribution is 2.19. The largest absolute Gasteiger partial charge is 0.496 e. The van der Waals surface area contributed by atoms with Crippen molar-refractivity contribution >= 4 is 17.4 Å². The van der Waals surface area contributed by atoms with E-state index in [0.29, 0.717) is 17.9 Å². The number of ether oxygens (including phenoxy) is 1. The highest BCUT2D eigenvalue weighted by Gasteiger charge is 2.07. The number of benzene rings is 2. The Morgan fingerprint density at radius 3 is 2.54 bits per heavy atom. The number of aromatic nitrogens is 1. The summed E-state index contributed by atoms with van der Waals surface area (Å²) in [4.78, 5) is 16.3. The van der Waals surface area contributed by atoms with Crippen molar-refractivity contribution in [2.45, 2.75) is 6.54 Å². The number of hydrogen-bond donors (Lipinski definition) is 2. The fraction of sp³-hybridized carbons (Fsp3) is 0.100. The minimum atomic E-state index is -0.384. The number of nitrogens with one attached hydrogen (secondary N) is 2. The van der Waals surface area contributed by atoms with Gasteiger partial charge in [0.25, 0.3) is 5.91 Å². The number of rotatable bonds is 6. The van der Waals surface area contributed by atoms with E-state index in [1.54, 1.807) is 19.4 Å². The predicted molar refractivity (Wildman–Crippen MR) is 98.9 cm³/mol. The smallest absolute Gasteiger partial charge is 0.256 e. The third-order valence-corrected chi connectivity index (χ3v) is 3.79. The summed E-state index contributed by atoms with van der Waals surface area (Å²) in [7, 11) is 1.64. The van der Waals surface area contributed by atoms with Crippen LogP contribution in [0.15, 0.2) is 66.9 Å². The van der Waals surface area contributed by atoms with Gasteiger partial charge in [-0.15, -0.1) is 0 Å². The molecule has 0 spiro atoms. The molecular formula is C20H18FN3O2. The Morgan fingerprint density at radius 2 is 1.85 bits per heavy atom. The van der Waals surface area contributed by atoms with E-state index in [-0.39, 0.29) is 11.7 Å². The molecule has 0 bridgehead atoms. The maximum Gasteiger partial charge on any atom is 0.256 e. The number of pyridine rings is 1. The van der Waals surface area contributed by atoms with Gasteiger partial charge in [-0.05, 0) is 42.5 Å². The van der Waals surface area contributed by atoms with Crippen molar-refractivity contribution in [2.24, 2.45) is 0 Å². The maximum atomic E-state index is 12.9. The van der Waals surface area contributed by atoms with Gasteiger partial charge in [0.05, 0.1) is 19.0 Å². The normalized spacial score (nSPS) is 10.2. The van der Waals surface area contributed by atoms with E-state index in [1.807, 2.05) is 30.3 Å². The molecule has 0 saturated heterocycles. The molecular weight excluding hydrogens is 333 g/mol. The molecule has 26 heavy (non-hydrogen) atoms. The van der Waals surface area contributed by atoms with Crippen molar-refractivity contribution in [3.8, 4) is 5.75 Å². The maximum absolute atomic E-state index is 12.9. The second-order valence-corrected chi connectivity index (χ2v) is 5.56. The number of nitrogens with zero attached hydrogens (tertiary/aromatic N) is 1. The van der Waals surface area contributed by atoms with Crippen LogP contribution in [-0.4, -0.2) is 18.0 Å². The molecule has 0 aliphatic heterocycles. The fourth-order valence-corrected chi connectivity index (χ4v) is 2.41. The first-order chi connectivity index (χ1) is 12.7. The van der Waals surface area contributed by atoms with Crippen molar-refractivity contribution in [2.75, 3.05) is 17.7 Å². The average molecular weight is 351 g/mol. The van der Waals surface area contributed by atoms with Gasteiger partial charge in [0.2, 0.25) is 0 Å². The molecule has 1 heterocycles. The monoisotopic (exact) mass is 351 g/mol. The van der Waals surface area contributed by atoms with E-state index >= 15 is 0 Å². The molecule has 0 saturated carbocycles. The Morgan fingerprint density at radius 1 is 1.08 bits per heavy atom. The number of para-hydroxylation sites is 1.